The lowest BCUT2D eigenvalue weighted by atomic mass is 10.2. The summed E-state index contributed by atoms with van der Waals surface area (Å²) in [6, 6.07) is 1.83. The lowest BCUT2D eigenvalue weighted by Gasteiger charge is -1.91. The first-order valence-corrected chi connectivity index (χ1v) is 4.64. The van der Waals surface area contributed by atoms with E-state index in [0.29, 0.717) is 0 Å². The lowest BCUT2D eigenvalue weighted by molar-refractivity contribution is -0.139. The molecule has 0 saturated carbocycles. The first-order chi connectivity index (χ1) is 7.79. The molecule has 16 heavy (non-hydrogen) atoms. The first kappa shape index (κ1) is 10.2. The van der Waals surface area contributed by atoms with Crippen LogP contribution in [0, 0.1) is 11.8 Å². The minimum atomic E-state index is -0.344. The van der Waals surface area contributed by atoms with Crippen LogP contribution in [0.4, 0.5) is 0 Å². The largest absolute Gasteiger partial charge is 0.468 e. The van der Waals surface area contributed by atoms with Crippen molar-refractivity contribution in [2.24, 2.45) is 0 Å². The molecule has 5 heteroatoms. The van der Waals surface area contributed by atoms with Crippen LogP contribution in [-0.2, 0) is 9.53 Å². The Morgan fingerprint density at radius 1 is 1.56 bits per heavy atom. The number of ether oxygens (including phenoxy) is 1. The van der Waals surface area contributed by atoms with E-state index in [1.165, 1.54) is 7.11 Å². The Morgan fingerprint density at radius 3 is 3.25 bits per heavy atom. The summed E-state index contributed by atoms with van der Waals surface area (Å²) in [5, 5.41) is 6.65. The number of hydrogen-bond donors (Lipinski definition) is 1. The quantitative estimate of drug-likeness (QED) is 0.566. The number of nitrogens with one attached hydrogen (secondary N) is 1. The van der Waals surface area contributed by atoms with Crippen molar-refractivity contribution in [2.45, 2.75) is 6.42 Å². The maximum atomic E-state index is 10.8. The Balaban J connectivity index is 2.17. The average molecular weight is 215 g/mol. The molecule has 0 bridgehead atoms. The van der Waals surface area contributed by atoms with Gasteiger partial charge in [0.2, 0.25) is 0 Å². The molecule has 0 aliphatic carbocycles. The van der Waals surface area contributed by atoms with E-state index in [2.05, 4.69) is 31.8 Å². The van der Waals surface area contributed by atoms with Gasteiger partial charge in [0, 0.05) is 11.8 Å². The minimum absolute atomic E-state index is 0.0809. The molecule has 2 heterocycles. The van der Waals surface area contributed by atoms with Crippen LogP contribution >= 0.6 is 0 Å². The molecule has 80 valence electrons. The Kier molecular flexibility index (Phi) is 2.83. The molecular weight excluding hydrogens is 206 g/mol. The van der Waals surface area contributed by atoms with E-state index in [0.717, 1.165) is 16.6 Å². The van der Waals surface area contributed by atoms with Crippen LogP contribution in [0.15, 0.2) is 18.5 Å². The monoisotopic (exact) mass is 215 g/mol. The summed E-state index contributed by atoms with van der Waals surface area (Å²) in [6.45, 7) is 0. The van der Waals surface area contributed by atoms with Gasteiger partial charge in [0.15, 0.2) is 0 Å². The zero-order valence-electron chi connectivity index (χ0n) is 8.65. The number of rotatable bonds is 1. The summed E-state index contributed by atoms with van der Waals surface area (Å²) in [5.41, 5.74) is 2.35. The molecule has 0 spiro atoms. The van der Waals surface area contributed by atoms with E-state index < -0.39 is 0 Å². The zero-order chi connectivity index (χ0) is 11.4. The number of hydrogen-bond acceptors (Lipinski definition) is 4. The standard InChI is InChI=1S/C11H9N3O2/c1-16-11(15)4-2-3-8-5-9-10(12-6-8)7-13-14-9/h5-7H,4H2,1H3,(H,13,14). The van der Waals surface area contributed by atoms with E-state index in [1.54, 1.807) is 12.4 Å². The second-order valence-electron chi connectivity index (χ2n) is 3.08. The summed E-state index contributed by atoms with van der Waals surface area (Å²) in [4.78, 5) is 15.0. The van der Waals surface area contributed by atoms with Crippen LogP contribution in [0.25, 0.3) is 11.0 Å². The van der Waals surface area contributed by atoms with Crippen LogP contribution in [0.5, 0.6) is 0 Å². The van der Waals surface area contributed by atoms with Gasteiger partial charge in [0.1, 0.15) is 11.9 Å². The zero-order valence-corrected chi connectivity index (χ0v) is 8.65. The fourth-order valence-corrected chi connectivity index (χ4v) is 1.19. The Bertz CT molecular complexity index is 577. The van der Waals surface area contributed by atoms with Crippen molar-refractivity contribution in [1.82, 2.24) is 15.2 Å². The predicted octanol–water partition coefficient (Wildman–Crippen LogP) is 0.872. The Morgan fingerprint density at radius 2 is 2.44 bits per heavy atom. The van der Waals surface area contributed by atoms with Crippen molar-refractivity contribution in [3.05, 3.63) is 24.0 Å². The number of methoxy groups -OCH3 is 1. The maximum Gasteiger partial charge on any atom is 0.317 e. The first-order valence-electron chi connectivity index (χ1n) is 4.64. The van der Waals surface area contributed by atoms with Gasteiger partial charge < -0.3 is 4.74 Å². The number of aromatic amines is 1. The van der Waals surface area contributed by atoms with Gasteiger partial charge in [-0.3, -0.25) is 14.9 Å². The van der Waals surface area contributed by atoms with Crippen LogP contribution in [0.2, 0.25) is 0 Å². The van der Waals surface area contributed by atoms with E-state index in [1.807, 2.05) is 6.07 Å². The highest BCUT2D eigenvalue weighted by molar-refractivity contribution is 5.75. The molecule has 0 saturated heterocycles. The van der Waals surface area contributed by atoms with E-state index >= 15 is 0 Å². The highest BCUT2D eigenvalue weighted by atomic mass is 16.5. The molecule has 2 aromatic heterocycles. The molecule has 1 N–H and O–H groups in total. The second-order valence-corrected chi connectivity index (χ2v) is 3.08. The van der Waals surface area contributed by atoms with Crippen LogP contribution in [0.3, 0.4) is 0 Å². The SMILES string of the molecule is COC(=O)CC#Cc1cnc2cn[nH]c2c1. The van der Waals surface area contributed by atoms with Gasteiger partial charge in [-0.2, -0.15) is 5.10 Å². The van der Waals surface area contributed by atoms with Crippen molar-refractivity contribution < 1.29 is 9.53 Å². The molecule has 0 aliphatic heterocycles. The van der Waals surface area contributed by atoms with Crippen LogP contribution < -0.4 is 0 Å². The van der Waals surface area contributed by atoms with Crippen LogP contribution in [-0.4, -0.2) is 28.3 Å². The molecule has 5 nitrogen and oxygen atoms in total. The van der Waals surface area contributed by atoms with Gasteiger partial charge >= 0.3 is 5.97 Å². The summed E-state index contributed by atoms with van der Waals surface area (Å²) < 4.78 is 4.47. The molecule has 0 atom stereocenters. The number of esters is 1. The van der Waals surface area contributed by atoms with E-state index in [4.69, 9.17) is 0 Å². The Hall–Kier alpha value is -2.35. The van der Waals surface area contributed by atoms with Gasteiger partial charge in [-0.1, -0.05) is 11.8 Å². The lowest BCUT2D eigenvalue weighted by Crippen LogP contribution is -1.97. The van der Waals surface area contributed by atoms with Gasteiger partial charge in [0.25, 0.3) is 0 Å². The number of nitrogens with zero attached hydrogens (tertiary/aromatic N) is 2. The number of aromatic nitrogens is 3. The molecule has 0 aromatic carbocycles. The fraction of sp³-hybridized carbons (Fsp3) is 0.182. The Labute approximate surface area is 91.8 Å². The van der Waals surface area contributed by atoms with Crippen LogP contribution in [0.1, 0.15) is 12.0 Å². The third kappa shape index (κ3) is 2.17. The topological polar surface area (TPSA) is 67.9 Å². The van der Waals surface area contributed by atoms with Crippen molar-refractivity contribution in [3.8, 4) is 11.8 Å². The summed E-state index contributed by atoms with van der Waals surface area (Å²) in [6.07, 6.45) is 3.36. The average Bonchev–Trinajstić information content (AvgIpc) is 2.76. The van der Waals surface area contributed by atoms with Gasteiger partial charge in [-0.05, 0) is 6.07 Å². The smallest absolute Gasteiger partial charge is 0.317 e. The molecule has 0 unspecified atom stereocenters. The normalized spacial score (nSPS) is 9.56. The van der Waals surface area contributed by atoms with E-state index in [-0.39, 0.29) is 12.4 Å². The van der Waals surface area contributed by atoms with Gasteiger partial charge in [-0.25, -0.2) is 0 Å². The van der Waals surface area contributed by atoms with E-state index in [9.17, 15) is 4.79 Å². The molecule has 2 aromatic rings. The van der Waals surface area contributed by atoms with Gasteiger partial charge in [0.05, 0.1) is 18.8 Å². The molecular formula is C11H9N3O2. The minimum Gasteiger partial charge on any atom is -0.468 e. The number of carbonyl (C=O) groups is 1. The number of pyridine rings is 1. The van der Waals surface area contributed by atoms with Crippen molar-refractivity contribution >= 4 is 17.0 Å². The third-order valence-corrected chi connectivity index (χ3v) is 1.98. The highest BCUT2D eigenvalue weighted by Gasteiger charge is 1.97. The highest BCUT2D eigenvalue weighted by Crippen LogP contribution is 2.08. The van der Waals surface area contributed by atoms with Gasteiger partial charge in [-0.15, -0.1) is 0 Å². The van der Waals surface area contributed by atoms with Crippen molar-refractivity contribution in [1.29, 1.82) is 0 Å². The molecule has 2 rings (SSSR count). The van der Waals surface area contributed by atoms with Crippen molar-refractivity contribution in [2.75, 3.05) is 7.11 Å². The summed E-state index contributed by atoms with van der Waals surface area (Å²) >= 11 is 0. The maximum absolute atomic E-state index is 10.8. The molecule has 0 fully saturated rings. The molecule has 0 amide bonds. The number of fused-ring (bicyclic) bond motifs is 1. The molecule has 0 aliphatic rings. The number of carbonyl (C=O) groups excluding carboxylic acids is 1. The summed E-state index contributed by atoms with van der Waals surface area (Å²) in [7, 11) is 1.34. The third-order valence-electron chi connectivity index (χ3n) is 1.98. The predicted molar refractivity (Wildman–Crippen MR) is 57.4 cm³/mol. The fourth-order valence-electron chi connectivity index (χ4n) is 1.19. The summed E-state index contributed by atoms with van der Waals surface area (Å²) in [5.74, 6) is 5.20. The number of H-pyrrole nitrogens is 1. The molecule has 0 radical (unpaired) electrons. The van der Waals surface area contributed by atoms with Crippen molar-refractivity contribution in [3.63, 3.8) is 0 Å². The second kappa shape index (κ2) is 4.45.